The molecular weight excluding hydrogens is 401 g/mol. The molecule has 1 aliphatic rings. The van der Waals surface area contributed by atoms with Gasteiger partial charge in [0.05, 0.1) is 33.3 Å². The van der Waals surface area contributed by atoms with Crippen molar-refractivity contribution in [2.45, 2.75) is 38.4 Å². The summed E-state index contributed by atoms with van der Waals surface area (Å²) in [4.78, 5) is 17.6. The zero-order chi connectivity index (χ0) is 20.8. The molecule has 0 fully saturated rings. The number of fused-ring (bicyclic) bond motifs is 2. The molecule has 4 rings (SSSR count). The summed E-state index contributed by atoms with van der Waals surface area (Å²) in [5, 5.41) is 2.99. The summed E-state index contributed by atoms with van der Waals surface area (Å²) in [6, 6.07) is 8.15. The topological polar surface area (TPSA) is 51.2 Å². The normalized spacial score (nSPS) is 16.6. The number of nitrogens with zero attached hydrogens (tertiary/aromatic N) is 1. The number of halogens is 3. The quantitative estimate of drug-likeness (QED) is 0.592. The third-order valence-electron chi connectivity index (χ3n) is 4.96. The zero-order valence-corrected chi connectivity index (χ0v) is 16.7. The van der Waals surface area contributed by atoms with E-state index in [4.69, 9.17) is 4.74 Å². The van der Waals surface area contributed by atoms with E-state index in [-0.39, 0.29) is 33.0 Å². The fourth-order valence-corrected chi connectivity index (χ4v) is 5.00. The molecule has 3 aromatic rings. The molecule has 1 aliphatic heterocycles. The molecule has 29 heavy (non-hydrogen) atoms. The van der Waals surface area contributed by atoms with E-state index in [2.05, 4.69) is 10.3 Å². The molecule has 1 aromatic carbocycles. The van der Waals surface area contributed by atoms with Gasteiger partial charge in [-0.05, 0) is 18.1 Å². The lowest BCUT2D eigenvalue weighted by atomic mass is 9.99. The minimum Gasteiger partial charge on any atom is -0.493 e. The SMILES string of the molecule is CC(C)c1c(C(=O)N[C@H]2CCOc3ccccc32)sc2c(C(F)(F)F)ccnc12. The third kappa shape index (κ3) is 3.57. The van der Waals surface area contributed by atoms with Crippen molar-refractivity contribution in [3.8, 4) is 5.75 Å². The average Bonchev–Trinajstić information content (AvgIpc) is 3.07. The monoisotopic (exact) mass is 420 g/mol. The van der Waals surface area contributed by atoms with Crippen LogP contribution in [0.15, 0.2) is 36.5 Å². The van der Waals surface area contributed by atoms with Crippen LogP contribution in [0.25, 0.3) is 10.2 Å². The van der Waals surface area contributed by atoms with Gasteiger partial charge in [-0.3, -0.25) is 9.78 Å². The molecule has 0 radical (unpaired) electrons. The fraction of sp³-hybridized carbons (Fsp3) is 0.333. The third-order valence-corrected chi connectivity index (χ3v) is 6.19. The molecule has 152 valence electrons. The summed E-state index contributed by atoms with van der Waals surface area (Å²) in [6.45, 7) is 4.17. The van der Waals surface area contributed by atoms with E-state index in [1.54, 1.807) is 0 Å². The number of amides is 1. The van der Waals surface area contributed by atoms with Crippen molar-refractivity contribution in [3.63, 3.8) is 0 Å². The maximum Gasteiger partial charge on any atom is 0.417 e. The summed E-state index contributed by atoms with van der Waals surface area (Å²) < 4.78 is 46.0. The zero-order valence-electron chi connectivity index (χ0n) is 15.8. The number of alkyl halides is 3. The number of hydrogen-bond acceptors (Lipinski definition) is 4. The van der Waals surface area contributed by atoms with Gasteiger partial charge in [-0.15, -0.1) is 11.3 Å². The Bertz CT molecular complexity index is 1080. The van der Waals surface area contributed by atoms with E-state index >= 15 is 0 Å². The molecule has 0 saturated carbocycles. The van der Waals surface area contributed by atoms with Crippen LogP contribution in [0.5, 0.6) is 5.75 Å². The van der Waals surface area contributed by atoms with Gasteiger partial charge in [-0.1, -0.05) is 32.0 Å². The van der Waals surface area contributed by atoms with Gasteiger partial charge in [0.1, 0.15) is 5.75 Å². The minimum atomic E-state index is -4.51. The Morgan fingerprint density at radius 3 is 2.76 bits per heavy atom. The first-order chi connectivity index (χ1) is 13.8. The number of benzene rings is 1. The second-order valence-corrected chi connectivity index (χ2v) is 8.26. The number of pyridine rings is 1. The molecule has 0 bridgehead atoms. The number of hydrogen-bond donors (Lipinski definition) is 1. The maximum atomic E-state index is 13.5. The van der Waals surface area contributed by atoms with Gasteiger partial charge in [0.25, 0.3) is 5.91 Å². The minimum absolute atomic E-state index is 0.00114. The molecular formula is C21H19F3N2O2S. The number of para-hydroxylation sites is 1. The van der Waals surface area contributed by atoms with Crippen LogP contribution in [0, 0.1) is 0 Å². The lowest BCUT2D eigenvalue weighted by Gasteiger charge is -2.26. The van der Waals surface area contributed by atoms with Crippen molar-refractivity contribution < 1.29 is 22.7 Å². The smallest absolute Gasteiger partial charge is 0.417 e. The van der Waals surface area contributed by atoms with Crippen LogP contribution in [0.2, 0.25) is 0 Å². The second-order valence-electron chi connectivity index (χ2n) is 7.23. The Morgan fingerprint density at radius 2 is 2.03 bits per heavy atom. The van der Waals surface area contributed by atoms with Crippen molar-refractivity contribution in [1.82, 2.24) is 10.3 Å². The number of thiophene rings is 1. The van der Waals surface area contributed by atoms with Crippen molar-refractivity contribution >= 4 is 27.5 Å². The highest BCUT2D eigenvalue weighted by Crippen LogP contribution is 2.42. The Hall–Kier alpha value is -2.61. The number of ether oxygens (including phenoxy) is 1. The highest BCUT2D eigenvalue weighted by atomic mass is 32.1. The molecule has 8 heteroatoms. The van der Waals surface area contributed by atoms with E-state index < -0.39 is 11.7 Å². The largest absolute Gasteiger partial charge is 0.493 e. The van der Waals surface area contributed by atoms with Gasteiger partial charge < -0.3 is 10.1 Å². The van der Waals surface area contributed by atoms with Crippen molar-refractivity contribution in [1.29, 1.82) is 0 Å². The van der Waals surface area contributed by atoms with E-state index in [0.29, 0.717) is 24.3 Å². The molecule has 1 N–H and O–H groups in total. The number of carbonyl (C=O) groups excluding carboxylic acids is 1. The molecule has 3 heterocycles. The van der Waals surface area contributed by atoms with Gasteiger partial charge in [0, 0.05) is 23.7 Å². The Kier molecular flexibility index (Phi) is 4.98. The lowest BCUT2D eigenvalue weighted by molar-refractivity contribution is -0.136. The van der Waals surface area contributed by atoms with Crippen molar-refractivity contribution in [2.24, 2.45) is 0 Å². The number of carbonyl (C=O) groups is 1. The van der Waals surface area contributed by atoms with Crippen LogP contribution in [0.3, 0.4) is 0 Å². The lowest BCUT2D eigenvalue weighted by Crippen LogP contribution is -2.32. The van der Waals surface area contributed by atoms with Gasteiger partial charge in [-0.2, -0.15) is 13.2 Å². The summed E-state index contributed by atoms with van der Waals surface area (Å²) >= 11 is 0.858. The van der Waals surface area contributed by atoms with E-state index in [1.165, 1.54) is 0 Å². The summed E-state index contributed by atoms with van der Waals surface area (Å²) in [7, 11) is 0. The van der Waals surface area contributed by atoms with Crippen LogP contribution in [-0.2, 0) is 6.18 Å². The first-order valence-electron chi connectivity index (χ1n) is 9.28. The predicted molar refractivity (Wildman–Crippen MR) is 105 cm³/mol. The molecule has 0 spiro atoms. The number of nitrogens with one attached hydrogen (secondary N) is 1. The molecule has 2 aromatic heterocycles. The number of aromatic nitrogens is 1. The van der Waals surface area contributed by atoms with Crippen LogP contribution < -0.4 is 10.1 Å². The Balaban J connectivity index is 1.76. The predicted octanol–water partition coefficient (Wildman–Crippen LogP) is 5.69. The first-order valence-corrected chi connectivity index (χ1v) is 10.1. The van der Waals surface area contributed by atoms with Crippen LogP contribution in [0.1, 0.15) is 58.6 Å². The molecule has 0 saturated heterocycles. The van der Waals surface area contributed by atoms with Crippen molar-refractivity contribution in [2.75, 3.05) is 6.61 Å². The Labute approximate surface area is 169 Å². The molecule has 1 atom stereocenters. The van der Waals surface area contributed by atoms with Gasteiger partial charge in [-0.25, -0.2) is 0 Å². The van der Waals surface area contributed by atoms with Gasteiger partial charge in [0.2, 0.25) is 0 Å². The summed E-state index contributed by atoms with van der Waals surface area (Å²) in [5.74, 6) is 0.180. The van der Waals surface area contributed by atoms with Gasteiger partial charge in [0.15, 0.2) is 0 Å². The summed E-state index contributed by atoms with van der Waals surface area (Å²) in [5.41, 5.74) is 0.907. The summed E-state index contributed by atoms with van der Waals surface area (Å²) in [6.07, 6.45) is -2.76. The fourth-order valence-electron chi connectivity index (χ4n) is 3.65. The molecule has 0 aliphatic carbocycles. The van der Waals surface area contributed by atoms with Crippen LogP contribution in [0.4, 0.5) is 13.2 Å². The highest BCUT2D eigenvalue weighted by molar-refractivity contribution is 7.21. The van der Waals surface area contributed by atoms with E-state index in [1.807, 2.05) is 38.1 Å². The van der Waals surface area contributed by atoms with Crippen molar-refractivity contribution in [3.05, 3.63) is 58.1 Å². The average molecular weight is 420 g/mol. The molecule has 4 nitrogen and oxygen atoms in total. The highest BCUT2D eigenvalue weighted by Gasteiger charge is 2.36. The molecule has 0 unspecified atom stereocenters. The van der Waals surface area contributed by atoms with E-state index in [9.17, 15) is 18.0 Å². The van der Waals surface area contributed by atoms with Gasteiger partial charge >= 0.3 is 6.18 Å². The maximum absolute atomic E-state index is 13.5. The van der Waals surface area contributed by atoms with E-state index in [0.717, 1.165) is 29.2 Å². The standard InChI is InChI=1S/C21H19F3N2O2S/c1-11(2)16-17-18(13(7-9-25-17)21(22,23)24)29-19(16)20(27)26-14-8-10-28-15-6-4-3-5-12(14)15/h3-7,9,11,14H,8,10H2,1-2H3,(H,26,27)/t14-/m0/s1. The second kappa shape index (κ2) is 7.33. The molecule has 1 amide bonds. The first kappa shape index (κ1) is 19.7. The Morgan fingerprint density at radius 1 is 1.28 bits per heavy atom. The van der Waals surface area contributed by atoms with Crippen LogP contribution >= 0.6 is 11.3 Å². The van der Waals surface area contributed by atoms with Crippen LogP contribution in [-0.4, -0.2) is 17.5 Å². The number of rotatable bonds is 3.